The maximum atomic E-state index is 12.1. The van der Waals surface area contributed by atoms with Crippen LogP contribution in [0.15, 0.2) is 6.20 Å². The molecule has 1 aromatic rings. The molecule has 0 aromatic carbocycles. The van der Waals surface area contributed by atoms with Crippen LogP contribution in [0.4, 0.5) is 4.79 Å². The van der Waals surface area contributed by atoms with E-state index in [-0.39, 0.29) is 18.0 Å². The maximum Gasteiger partial charge on any atom is 0.315 e. The number of amides is 2. The molecule has 0 saturated heterocycles. The van der Waals surface area contributed by atoms with E-state index in [2.05, 4.69) is 20.9 Å². The van der Waals surface area contributed by atoms with Gasteiger partial charge >= 0.3 is 6.03 Å². The zero-order valence-corrected chi connectivity index (χ0v) is 14.5. The molecule has 1 aromatic heterocycles. The number of nitrogens with zero attached hydrogens (tertiary/aromatic N) is 3. The zero-order valence-electron chi connectivity index (χ0n) is 14.5. The average Bonchev–Trinajstić information content (AvgIpc) is 3.29. The number of carbonyl (C=O) groups excluding carboxylic acids is 1. The highest BCUT2D eigenvalue weighted by molar-refractivity contribution is 5.74. The summed E-state index contributed by atoms with van der Waals surface area (Å²) in [5.74, 6) is -0.205. The number of hydrogen-bond acceptors (Lipinski definition) is 6. The third-order valence-corrected chi connectivity index (χ3v) is 5.11. The first-order valence-electron chi connectivity index (χ1n) is 8.88. The lowest BCUT2D eigenvalue weighted by Crippen LogP contribution is -2.49. The Morgan fingerprint density at radius 1 is 1.32 bits per heavy atom. The fourth-order valence-electron chi connectivity index (χ4n) is 3.80. The van der Waals surface area contributed by atoms with Crippen molar-refractivity contribution in [3.05, 3.63) is 11.9 Å². The van der Waals surface area contributed by atoms with Gasteiger partial charge in [0, 0.05) is 25.6 Å². The molecule has 2 saturated carbocycles. The number of aliphatic hydroxyl groups excluding tert-OH is 2. The normalized spacial score (nSPS) is 29.9. The van der Waals surface area contributed by atoms with Crippen LogP contribution in [-0.2, 0) is 17.9 Å². The number of urea groups is 1. The molecule has 140 valence electrons. The highest BCUT2D eigenvalue weighted by Crippen LogP contribution is 2.28. The van der Waals surface area contributed by atoms with E-state index in [4.69, 9.17) is 4.74 Å². The Bertz CT molecular complexity index is 575. The number of nitrogens with one attached hydrogen (secondary N) is 2. The third-order valence-electron chi connectivity index (χ3n) is 5.11. The highest BCUT2D eigenvalue weighted by Gasteiger charge is 2.42. The molecule has 1 heterocycles. The minimum atomic E-state index is -0.985. The van der Waals surface area contributed by atoms with Crippen LogP contribution in [0.1, 0.15) is 37.8 Å². The van der Waals surface area contributed by atoms with Crippen LogP contribution in [-0.4, -0.2) is 62.6 Å². The molecule has 0 bridgehead atoms. The molecule has 3 rings (SSSR count). The topological polar surface area (TPSA) is 122 Å². The van der Waals surface area contributed by atoms with Crippen LogP contribution in [0.5, 0.6) is 0 Å². The highest BCUT2D eigenvalue weighted by atomic mass is 16.5. The van der Waals surface area contributed by atoms with E-state index >= 15 is 0 Å². The molecule has 0 radical (unpaired) electrons. The van der Waals surface area contributed by atoms with Gasteiger partial charge in [0.1, 0.15) is 11.8 Å². The first-order chi connectivity index (χ1) is 12.1. The van der Waals surface area contributed by atoms with E-state index in [0.29, 0.717) is 25.3 Å². The largest absolute Gasteiger partial charge is 0.390 e. The second-order valence-corrected chi connectivity index (χ2v) is 7.05. The van der Waals surface area contributed by atoms with Gasteiger partial charge in [0.05, 0.1) is 24.9 Å². The van der Waals surface area contributed by atoms with E-state index < -0.39 is 18.2 Å². The molecule has 9 heteroatoms. The second-order valence-electron chi connectivity index (χ2n) is 7.05. The lowest BCUT2D eigenvalue weighted by atomic mass is 10.1. The van der Waals surface area contributed by atoms with Gasteiger partial charge in [-0.2, -0.15) is 0 Å². The molecule has 2 amide bonds. The van der Waals surface area contributed by atoms with Gasteiger partial charge in [-0.25, -0.2) is 4.79 Å². The number of aromatic nitrogens is 3. The number of methoxy groups -OCH3 is 1. The van der Waals surface area contributed by atoms with Crippen LogP contribution in [0.2, 0.25) is 0 Å². The molecule has 4 unspecified atom stereocenters. The van der Waals surface area contributed by atoms with E-state index in [1.54, 1.807) is 18.0 Å². The molecule has 25 heavy (non-hydrogen) atoms. The molecule has 2 aliphatic rings. The molecule has 2 fully saturated rings. The van der Waals surface area contributed by atoms with Gasteiger partial charge < -0.3 is 25.6 Å². The van der Waals surface area contributed by atoms with Crippen molar-refractivity contribution >= 4 is 6.03 Å². The van der Waals surface area contributed by atoms with Crippen LogP contribution in [0.25, 0.3) is 0 Å². The Morgan fingerprint density at radius 3 is 2.80 bits per heavy atom. The number of hydrogen-bond donors (Lipinski definition) is 4. The van der Waals surface area contributed by atoms with Crippen molar-refractivity contribution in [1.29, 1.82) is 0 Å². The molecule has 4 atom stereocenters. The first kappa shape index (κ1) is 18.1. The Kier molecular flexibility index (Phi) is 5.87. The summed E-state index contributed by atoms with van der Waals surface area (Å²) in [4.78, 5) is 12.1. The molecule has 2 aliphatic carbocycles. The Balaban J connectivity index is 1.51. The van der Waals surface area contributed by atoms with E-state index in [1.165, 1.54) is 0 Å². The van der Waals surface area contributed by atoms with Gasteiger partial charge in [0.2, 0.25) is 0 Å². The molecular formula is C16H27N5O4. The first-order valence-corrected chi connectivity index (χ1v) is 8.88. The maximum absolute atomic E-state index is 12.1. The summed E-state index contributed by atoms with van der Waals surface area (Å²) in [6.45, 7) is 0.804. The summed E-state index contributed by atoms with van der Waals surface area (Å²) in [6.07, 6.45) is 4.63. The summed E-state index contributed by atoms with van der Waals surface area (Å²) in [6, 6.07) is -0.524. The SMILES string of the molecule is COCc1cn(CC2CC(NC(=O)NC3CCCC3)C(O)C2O)nn1. The minimum absolute atomic E-state index is 0.205. The van der Waals surface area contributed by atoms with Crippen molar-refractivity contribution in [3.63, 3.8) is 0 Å². The predicted octanol–water partition coefficient (Wildman–Crippen LogP) is -0.223. The van der Waals surface area contributed by atoms with Gasteiger partial charge in [-0.1, -0.05) is 18.1 Å². The summed E-state index contributed by atoms with van der Waals surface area (Å²) in [5, 5.41) is 34.3. The molecular weight excluding hydrogens is 326 g/mol. The second kappa shape index (κ2) is 8.11. The predicted molar refractivity (Wildman–Crippen MR) is 88.6 cm³/mol. The summed E-state index contributed by atoms with van der Waals surface area (Å²) in [7, 11) is 1.59. The number of aliphatic hydroxyl groups is 2. The van der Waals surface area contributed by atoms with Gasteiger partial charge in [-0.05, 0) is 19.3 Å². The van der Waals surface area contributed by atoms with Crippen molar-refractivity contribution in [2.45, 2.75) is 69.5 Å². The summed E-state index contributed by atoms with van der Waals surface area (Å²) >= 11 is 0. The van der Waals surface area contributed by atoms with E-state index in [9.17, 15) is 15.0 Å². The zero-order chi connectivity index (χ0) is 17.8. The molecule has 0 aliphatic heterocycles. The standard InChI is InChI=1S/C16H27N5O4/c1-25-9-12-8-21(20-19-12)7-10-6-13(15(23)14(10)22)18-16(24)17-11-4-2-3-5-11/h8,10-11,13-15,22-23H,2-7,9H2,1H3,(H2,17,18,24). The Morgan fingerprint density at radius 2 is 2.08 bits per heavy atom. The number of ether oxygens (including phenoxy) is 1. The van der Waals surface area contributed by atoms with Crippen molar-refractivity contribution in [1.82, 2.24) is 25.6 Å². The third kappa shape index (κ3) is 4.47. The quantitative estimate of drug-likeness (QED) is 0.561. The van der Waals surface area contributed by atoms with E-state index in [1.807, 2.05) is 0 Å². The number of rotatable bonds is 6. The van der Waals surface area contributed by atoms with Crippen LogP contribution in [0, 0.1) is 5.92 Å². The smallest absolute Gasteiger partial charge is 0.315 e. The molecule has 9 nitrogen and oxygen atoms in total. The van der Waals surface area contributed by atoms with Gasteiger partial charge in [0.15, 0.2) is 0 Å². The van der Waals surface area contributed by atoms with Gasteiger partial charge in [0.25, 0.3) is 0 Å². The van der Waals surface area contributed by atoms with Crippen molar-refractivity contribution in [2.75, 3.05) is 7.11 Å². The van der Waals surface area contributed by atoms with Gasteiger partial charge in [-0.15, -0.1) is 5.10 Å². The Hall–Kier alpha value is -1.71. The average molecular weight is 353 g/mol. The number of carbonyl (C=O) groups is 1. The van der Waals surface area contributed by atoms with E-state index in [0.717, 1.165) is 25.7 Å². The lowest BCUT2D eigenvalue weighted by Gasteiger charge is -2.20. The lowest BCUT2D eigenvalue weighted by molar-refractivity contribution is 0.00857. The fourth-order valence-corrected chi connectivity index (χ4v) is 3.80. The molecule has 4 N–H and O–H groups in total. The summed E-state index contributed by atoms with van der Waals surface area (Å²) < 4.78 is 6.64. The monoisotopic (exact) mass is 353 g/mol. The van der Waals surface area contributed by atoms with Crippen LogP contribution >= 0.6 is 0 Å². The van der Waals surface area contributed by atoms with Gasteiger partial charge in [-0.3, -0.25) is 4.68 Å². The minimum Gasteiger partial charge on any atom is -0.390 e. The van der Waals surface area contributed by atoms with Crippen molar-refractivity contribution < 1.29 is 19.7 Å². The van der Waals surface area contributed by atoms with Crippen LogP contribution in [0.3, 0.4) is 0 Å². The van der Waals surface area contributed by atoms with Crippen molar-refractivity contribution in [2.24, 2.45) is 5.92 Å². The fraction of sp³-hybridized carbons (Fsp3) is 0.812. The molecule has 0 spiro atoms. The van der Waals surface area contributed by atoms with Crippen LogP contribution < -0.4 is 10.6 Å². The Labute approximate surface area is 146 Å². The van der Waals surface area contributed by atoms with Crippen molar-refractivity contribution in [3.8, 4) is 0 Å². The summed E-state index contributed by atoms with van der Waals surface area (Å²) in [5.41, 5.74) is 0.709.